The highest BCUT2D eigenvalue weighted by atomic mass is 16.2. The summed E-state index contributed by atoms with van der Waals surface area (Å²) in [5.74, 6) is 0.527. The quantitative estimate of drug-likeness (QED) is 0.728. The summed E-state index contributed by atoms with van der Waals surface area (Å²) in [7, 11) is 0. The lowest BCUT2D eigenvalue weighted by Gasteiger charge is -2.21. The first kappa shape index (κ1) is 14.0. The van der Waals surface area contributed by atoms with Gasteiger partial charge in [0.25, 0.3) is 5.91 Å². The Labute approximate surface area is 135 Å². The summed E-state index contributed by atoms with van der Waals surface area (Å²) in [4.78, 5) is 19.1. The molecule has 1 amide bonds. The van der Waals surface area contributed by atoms with Gasteiger partial charge in [-0.2, -0.15) is 0 Å². The van der Waals surface area contributed by atoms with E-state index in [-0.39, 0.29) is 11.9 Å². The molecule has 4 rings (SSSR count). The van der Waals surface area contributed by atoms with Crippen molar-refractivity contribution < 1.29 is 4.79 Å². The fraction of sp³-hybridized carbons (Fsp3) is 0.263. The van der Waals surface area contributed by atoms with Crippen LogP contribution in [0.5, 0.6) is 0 Å². The van der Waals surface area contributed by atoms with Crippen molar-refractivity contribution in [2.45, 2.75) is 25.3 Å². The van der Waals surface area contributed by atoms with Crippen molar-refractivity contribution in [2.75, 3.05) is 6.54 Å². The average molecular weight is 305 g/mol. The molecule has 1 aromatic carbocycles. The number of amides is 1. The van der Waals surface area contributed by atoms with Crippen LogP contribution in [0, 0.1) is 0 Å². The molecular weight excluding hydrogens is 286 g/mol. The molecule has 1 aliphatic rings. The van der Waals surface area contributed by atoms with Gasteiger partial charge < -0.3 is 9.30 Å². The Bertz CT molecular complexity index is 840. The minimum Gasteiger partial charge on any atom is -0.335 e. The Balaban J connectivity index is 1.58. The molecule has 4 nitrogen and oxygen atoms in total. The number of rotatable bonds is 2. The fourth-order valence-corrected chi connectivity index (χ4v) is 3.49. The molecule has 2 aromatic heterocycles. The highest BCUT2D eigenvalue weighted by molar-refractivity contribution is 5.94. The summed E-state index contributed by atoms with van der Waals surface area (Å²) in [6.07, 6.45) is 6.50. The molecule has 0 spiro atoms. The molecule has 0 aliphatic carbocycles. The van der Waals surface area contributed by atoms with E-state index in [1.165, 1.54) is 5.56 Å². The van der Waals surface area contributed by atoms with Gasteiger partial charge in [0.05, 0.1) is 5.56 Å². The van der Waals surface area contributed by atoms with Crippen molar-refractivity contribution in [1.82, 2.24) is 14.3 Å². The molecule has 0 unspecified atom stereocenters. The topological polar surface area (TPSA) is 37.6 Å². The third-order valence-corrected chi connectivity index (χ3v) is 4.74. The largest absolute Gasteiger partial charge is 0.335 e. The van der Waals surface area contributed by atoms with E-state index in [9.17, 15) is 4.79 Å². The Morgan fingerprint density at radius 2 is 2.00 bits per heavy atom. The van der Waals surface area contributed by atoms with Crippen LogP contribution in [-0.2, 0) is 0 Å². The highest BCUT2D eigenvalue weighted by Gasteiger charge is 2.33. The van der Waals surface area contributed by atoms with Gasteiger partial charge in [-0.15, -0.1) is 0 Å². The molecule has 116 valence electrons. The van der Waals surface area contributed by atoms with Gasteiger partial charge in [0.2, 0.25) is 0 Å². The smallest absolute Gasteiger partial charge is 0.255 e. The number of fused-ring (bicyclic) bond motifs is 1. The van der Waals surface area contributed by atoms with Gasteiger partial charge in [0.1, 0.15) is 5.65 Å². The molecule has 0 N–H and O–H groups in total. The number of hydrogen-bond acceptors (Lipinski definition) is 2. The van der Waals surface area contributed by atoms with Crippen LogP contribution in [0.2, 0.25) is 0 Å². The maximum absolute atomic E-state index is 12.9. The second kappa shape index (κ2) is 5.54. The van der Waals surface area contributed by atoms with E-state index in [4.69, 9.17) is 0 Å². The summed E-state index contributed by atoms with van der Waals surface area (Å²) >= 11 is 0. The van der Waals surface area contributed by atoms with Crippen LogP contribution in [-0.4, -0.2) is 32.8 Å². The van der Waals surface area contributed by atoms with Gasteiger partial charge in [-0.1, -0.05) is 30.3 Å². The van der Waals surface area contributed by atoms with Crippen LogP contribution in [0.3, 0.4) is 0 Å². The normalized spacial score (nSPS) is 21.0. The third-order valence-electron chi connectivity index (χ3n) is 4.74. The lowest BCUT2D eigenvalue weighted by Crippen LogP contribution is -2.34. The molecule has 1 saturated heterocycles. The van der Waals surface area contributed by atoms with Crippen LogP contribution in [0.15, 0.2) is 61.1 Å². The first-order valence-corrected chi connectivity index (χ1v) is 8.01. The second-order valence-corrected chi connectivity index (χ2v) is 6.26. The lowest BCUT2D eigenvalue weighted by molar-refractivity contribution is 0.0745. The summed E-state index contributed by atoms with van der Waals surface area (Å²) < 4.78 is 1.89. The number of benzene rings is 1. The maximum atomic E-state index is 12.9. The summed E-state index contributed by atoms with van der Waals surface area (Å²) in [6, 6.07) is 14.5. The number of aromatic nitrogens is 2. The number of nitrogens with zero attached hydrogens (tertiary/aromatic N) is 3. The van der Waals surface area contributed by atoms with Crippen LogP contribution in [0.4, 0.5) is 0 Å². The van der Waals surface area contributed by atoms with E-state index in [0.29, 0.717) is 5.92 Å². The molecule has 4 heteroatoms. The van der Waals surface area contributed by atoms with Crippen LogP contribution < -0.4 is 0 Å². The number of likely N-dealkylation sites (tertiary alicyclic amines) is 1. The van der Waals surface area contributed by atoms with Crippen molar-refractivity contribution in [2.24, 2.45) is 0 Å². The predicted molar refractivity (Wildman–Crippen MR) is 89.5 cm³/mol. The van der Waals surface area contributed by atoms with Crippen molar-refractivity contribution in [3.05, 3.63) is 72.2 Å². The number of pyridine rings is 1. The molecule has 1 fully saturated rings. The molecular formula is C19H19N3O. The number of carbonyl (C=O) groups excluding carboxylic acids is 1. The third kappa shape index (κ3) is 2.50. The van der Waals surface area contributed by atoms with Crippen molar-refractivity contribution >= 4 is 11.6 Å². The molecule has 0 bridgehead atoms. The first-order valence-electron chi connectivity index (χ1n) is 8.01. The minimum atomic E-state index is 0.103. The van der Waals surface area contributed by atoms with Crippen LogP contribution >= 0.6 is 0 Å². The molecule has 2 atom stereocenters. The van der Waals surface area contributed by atoms with E-state index in [1.54, 1.807) is 6.20 Å². The van der Waals surface area contributed by atoms with Crippen molar-refractivity contribution in [3.8, 4) is 0 Å². The van der Waals surface area contributed by atoms with Crippen LogP contribution in [0.1, 0.15) is 35.2 Å². The fourth-order valence-electron chi connectivity index (χ4n) is 3.49. The van der Waals surface area contributed by atoms with E-state index >= 15 is 0 Å². The van der Waals surface area contributed by atoms with Gasteiger partial charge in [0, 0.05) is 37.1 Å². The number of hydrogen-bond donors (Lipinski definition) is 0. The lowest BCUT2D eigenvalue weighted by atomic mass is 9.97. The monoisotopic (exact) mass is 305 g/mol. The summed E-state index contributed by atoms with van der Waals surface area (Å²) in [5.41, 5.74) is 2.90. The van der Waals surface area contributed by atoms with Crippen molar-refractivity contribution in [3.63, 3.8) is 0 Å². The van der Waals surface area contributed by atoms with Gasteiger partial charge in [-0.3, -0.25) is 4.79 Å². The average Bonchev–Trinajstić information content (AvgIpc) is 3.20. The zero-order valence-electron chi connectivity index (χ0n) is 13.1. The molecule has 3 heterocycles. The first-order chi connectivity index (χ1) is 11.2. The Morgan fingerprint density at radius 1 is 1.17 bits per heavy atom. The van der Waals surface area contributed by atoms with Gasteiger partial charge >= 0.3 is 0 Å². The second-order valence-electron chi connectivity index (χ2n) is 6.26. The van der Waals surface area contributed by atoms with Crippen LogP contribution in [0.25, 0.3) is 5.65 Å². The Kier molecular flexibility index (Phi) is 3.37. The molecule has 0 saturated carbocycles. The Morgan fingerprint density at radius 3 is 2.83 bits per heavy atom. The molecule has 3 aromatic rings. The number of imidazole rings is 1. The summed E-state index contributed by atoms with van der Waals surface area (Å²) in [5, 5.41) is 0. The minimum absolute atomic E-state index is 0.103. The maximum Gasteiger partial charge on any atom is 0.255 e. The van der Waals surface area contributed by atoms with Gasteiger partial charge in [-0.25, -0.2) is 4.98 Å². The van der Waals surface area contributed by atoms with Crippen molar-refractivity contribution in [1.29, 1.82) is 0 Å². The standard InChI is InChI=1S/C19H19N3O/c1-14-11-17(15-5-3-2-4-6-15)13-22(14)19(23)16-7-8-18-20-9-10-21(18)12-16/h2-10,12,14,17H,11,13H2,1H3/t14-,17-/m0/s1. The van der Waals surface area contributed by atoms with E-state index in [0.717, 1.165) is 24.2 Å². The Hall–Kier alpha value is -2.62. The SMILES string of the molecule is C[C@H]1C[C@H](c2ccccc2)CN1C(=O)c1ccc2nccn2c1. The van der Waals surface area contributed by atoms with Gasteiger partial charge in [-0.05, 0) is 31.0 Å². The molecule has 23 heavy (non-hydrogen) atoms. The molecule has 0 radical (unpaired) electrons. The number of carbonyl (C=O) groups is 1. The predicted octanol–water partition coefficient (Wildman–Crippen LogP) is 3.35. The zero-order valence-corrected chi connectivity index (χ0v) is 13.1. The summed E-state index contributed by atoms with van der Waals surface area (Å²) in [6.45, 7) is 2.92. The van der Waals surface area contributed by atoms with E-state index < -0.39 is 0 Å². The zero-order chi connectivity index (χ0) is 15.8. The van der Waals surface area contributed by atoms with Gasteiger partial charge in [0.15, 0.2) is 0 Å². The van der Waals surface area contributed by atoms with E-state index in [1.807, 2.05) is 39.9 Å². The van der Waals surface area contributed by atoms with E-state index in [2.05, 4.69) is 36.2 Å². The highest BCUT2D eigenvalue weighted by Crippen LogP contribution is 2.32. The molecule has 1 aliphatic heterocycles.